The van der Waals surface area contributed by atoms with E-state index in [1.165, 1.54) is 5.56 Å². The highest BCUT2D eigenvalue weighted by Crippen LogP contribution is 2.25. The fraction of sp³-hybridized carbons (Fsp3) is 0.250. The third-order valence-corrected chi connectivity index (χ3v) is 6.54. The van der Waals surface area contributed by atoms with Gasteiger partial charge in [0.1, 0.15) is 0 Å². The molecule has 4 aromatic rings. The maximum absolute atomic E-state index is 13.2. The van der Waals surface area contributed by atoms with Crippen molar-refractivity contribution < 1.29 is 4.79 Å². The van der Waals surface area contributed by atoms with Crippen LogP contribution in [0.25, 0.3) is 22.0 Å². The van der Waals surface area contributed by atoms with Crippen molar-refractivity contribution in [1.29, 1.82) is 0 Å². The number of Topliss-reactive ketones (excluding diaryl/α,β-unsaturated/α-hetero) is 1. The Hall–Kier alpha value is -3.77. The van der Waals surface area contributed by atoms with Crippen molar-refractivity contribution in [3.8, 4) is 11.3 Å². The molecule has 0 radical (unpaired) electrons. The van der Waals surface area contributed by atoms with E-state index in [4.69, 9.17) is 5.10 Å². The molecular weight excluding hydrogens is 424 g/mol. The fourth-order valence-corrected chi connectivity index (χ4v) is 4.50. The van der Waals surface area contributed by atoms with Gasteiger partial charge in [0.05, 0.1) is 17.7 Å². The molecule has 0 saturated carbocycles. The molecule has 0 N–H and O–H groups in total. The smallest absolute Gasteiger partial charge is 0.275 e. The molecule has 6 heteroatoms. The SMILES string of the molecule is CC(=O)c1ccc(N2CCN(Cn3nc(-c4ccc(C)cc4)c4ccccc4c3=O)CC2)cc1. The summed E-state index contributed by atoms with van der Waals surface area (Å²) in [7, 11) is 0. The van der Waals surface area contributed by atoms with Gasteiger partial charge in [-0.15, -0.1) is 0 Å². The van der Waals surface area contributed by atoms with Gasteiger partial charge in [-0.2, -0.15) is 5.10 Å². The van der Waals surface area contributed by atoms with Gasteiger partial charge in [-0.1, -0.05) is 48.0 Å². The summed E-state index contributed by atoms with van der Waals surface area (Å²) in [6.07, 6.45) is 0. The van der Waals surface area contributed by atoms with E-state index in [0.717, 1.165) is 54.1 Å². The molecule has 0 bridgehead atoms. The largest absolute Gasteiger partial charge is 0.369 e. The lowest BCUT2D eigenvalue weighted by atomic mass is 10.0. The predicted molar refractivity (Wildman–Crippen MR) is 136 cm³/mol. The maximum atomic E-state index is 13.2. The number of fused-ring (bicyclic) bond motifs is 1. The van der Waals surface area contributed by atoms with Crippen LogP contribution in [0.15, 0.2) is 77.6 Å². The Balaban J connectivity index is 1.37. The molecular formula is C28H28N4O2. The molecule has 172 valence electrons. The van der Waals surface area contributed by atoms with E-state index >= 15 is 0 Å². The standard InChI is InChI=1S/C28H28N4O2/c1-20-7-9-23(10-8-20)27-25-5-3-4-6-26(25)28(34)32(29-27)19-30-15-17-31(18-16-30)24-13-11-22(12-14-24)21(2)33/h3-14H,15-19H2,1-2H3. The molecule has 1 aliphatic heterocycles. The molecule has 3 aromatic carbocycles. The minimum atomic E-state index is -0.0614. The lowest BCUT2D eigenvalue weighted by molar-refractivity contribution is 0.101. The predicted octanol–water partition coefficient (Wildman–Crippen LogP) is 4.35. The van der Waals surface area contributed by atoms with Gasteiger partial charge < -0.3 is 4.90 Å². The summed E-state index contributed by atoms with van der Waals surface area (Å²) in [4.78, 5) is 29.4. The van der Waals surface area contributed by atoms with Gasteiger partial charge in [-0.25, -0.2) is 4.68 Å². The van der Waals surface area contributed by atoms with Crippen molar-refractivity contribution in [1.82, 2.24) is 14.7 Å². The Labute approximate surface area is 199 Å². The second-order valence-electron chi connectivity index (χ2n) is 8.91. The van der Waals surface area contributed by atoms with Gasteiger partial charge in [0.15, 0.2) is 5.78 Å². The van der Waals surface area contributed by atoms with Gasteiger partial charge >= 0.3 is 0 Å². The van der Waals surface area contributed by atoms with Gasteiger partial charge in [0, 0.05) is 48.4 Å². The number of benzene rings is 3. The molecule has 6 nitrogen and oxygen atoms in total. The number of aryl methyl sites for hydroxylation is 1. The first kappa shape index (κ1) is 22.0. The first-order valence-electron chi connectivity index (χ1n) is 11.6. The van der Waals surface area contributed by atoms with Crippen LogP contribution in [0.2, 0.25) is 0 Å². The van der Waals surface area contributed by atoms with Crippen molar-refractivity contribution in [3.63, 3.8) is 0 Å². The Morgan fingerprint density at radius 2 is 1.50 bits per heavy atom. The molecule has 2 heterocycles. The Bertz CT molecular complexity index is 1380. The van der Waals surface area contributed by atoms with E-state index in [0.29, 0.717) is 12.1 Å². The monoisotopic (exact) mass is 452 g/mol. The number of ketones is 1. The van der Waals surface area contributed by atoms with Crippen LogP contribution in [0.5, 0.6) is 0 Å². The van der Waals surface area contributed by atoms with E-state index in [9.17, 15) is 9.59 Å². The Morgan fingerprint density at radius 3 is 2.15 bits per heavy atom. The van der Waals surface area contributed by atoms with Crippen LogP contribution >= 0.6 is 0 Å². The quantitative estimate of drug-likeness (QED) is 0.421. The normalized spacial score (nSPS) is 14.5. The van der Waals surface area contributed by atoms with Gasteiger partial charge in [-0.3, -0.25) is 14.5 Å². The highest BCUT2D eigenvalue weighted by atomic mass is 16.1. The zero-order valence-electron chi connectivity index (χ0n) is 19.6. The first-order valence-corrected chi connectivity index (χ1v) is 11.6. The van der Waals surface area contributed by atoms with E-state index in [1.54, 1.807) is 11.6 Å². The summed E-state index contributed by atoms with van der Waals surface area (Å²) in [6, 6.07) is 23.8. The van der Waals surface area contributed by atoms with E-state index in [1.807, 2.05) is 48.5 Å². The van der Waals surface area contributed by atoms with Crippen molar-refractivity contribution in [2.75, 3.05) is 31.1 Å². The van der Waals surface area contributed by atoms with Crippen LogP contribution in [0.4, 0.5) is 5.69 Å². The lowest BCUT2D eigenvalue weighted by Gasteiger charge is -2.36. The number of hydrogen-bond donors (Lipinski definition) is 0. The van der Waals surface area contributed by atoms with E-state index < -0.39 is 0 Å². The van der Waals surface area contributed by atoms with Crippen LogP contribution in [-0.4, -0.2) is 46.6 Å². The summed E-state index contributed by atoms with van der Waals surface area (Å²) < 4.78 is 1.61. The topological polar surface area (TPSA) is 58.4 Å². The Kier molecular flexibility index (Phi) is 5.99. The van der Waals surface area contributed by atoms with E-state index in [2.05, 4.69) is 41.0 Å². The number of carbonyl (C=O) groups is 1. The number of hydrogen-bond acceptors (Lipinski definition) is 5. The Morgan fingerprint density at radius 1 is 0.853 bits per heavy atom. The molecule has 1 saturated heterocycles. The van der Waals surface area contributed by atoms with Crippen LogP contribution in [0.1, 0.15) is 22.8 Å². The molecule has 1 aliphatic rings. The third-order valence-electron chi connectivity index (χ3n) is 6.54. The summed E-state index contributed by atoms with van der Waals surface area (Å²) in [5.41, 5.74) is 4.82. The molecule has 34 heavy (non-hydrogen) atoms. The maximum Gasteiger partial charge on any atom is 0.275 e. The van der Waals surface area contributed by atoms with Gasteiger partial charge in [0.2, 0.25) is 0 Å². The average Bonchev–Trinajstić information content (AvgIpc) is 2.87. The zero-order valence-corrected chi connectivity index (χ0v) is 19.6. The number of aromatic nitrogens is 2. The second kappa shape index (κ2) is 9.23. The zero-order chi connectivity index (χ0) is 23.7. The summed E-state index contributed by atoms with van der Waals surface area (Å²) in [6.45, 7) is 7.47. The third kappa shape index (κ3) is 4.37. The van der Waals surface area contributed by atoms with Crippen molar-refractivity contribution in [2.45, 2.75) is 20.5 Å². The first-order chi connectivity index (χ1) is 16.5. The molecule has 0 amide bonds. The van der Waals surface area contributed by atoms with Crippen LogP contribution in [0.3, 0.4) is 0 Å². The fourth-order valence-electron chi connectivity index (χ4n) is 4.50. The molecule has 0 atom stereocenters. The number of anilines is 1. The van der Waals surface area contributed by atoms with Crippen molar-refractivity contribution in [2.24, 2.45) is 0 Å². The highest BCUT2D eigenvalue weighted by Gasteiger charge is 2.20. The summed E-state index contributed by atoms with van der Waals surface area (Å²) in [5, 5.41) is 6.39. The molecule has 1 fully saturated rings. The number of nitrogens with zero attached hydrogens (tertiary/aromatic N) is 4. The van der Waals surface area contributed by atoms with Crippen LogP contribution < -0.4 is 10.5 Å². The van der Waals surface area contributed by atoms with Gasteiger partial charge in [0.25, 0.3) is 5.56 Å². The van der Waals surface area contributed by atoms with Crippen LogP contribution in [0, 0.1) is 6.92 Å². The molecule has 5 rings (SSSR count). The summed E-state index contributed by atoms with van der Waals surface area (Å²) in [5.74, 6) is 0.0784. The highest BCUT2D eigenvalue weighted by molar-refractivity contribution is 5.94. The molecule has 1 aromatic heterocycles. The second-order valence-corrected chi connectivity index (χ2v) is 8.91. The van der Waals surface area contributed by atoms with Crippen molar-refractivity contribution >= 4 is 22.2 Å². The van der Waals surface area contributed by atoms with Gasteiger partial charge in [-0.05, 0) is 44.2 Å². The lowest BCUT2D eigenvalue weighted by Crippen LogP contribution is -2.48. The minimum Gasteiger partial charge on any atom is -0.369 e. The number of rotatable bonds is 5. The molecule has 0 aliphatic carbocycles. The van der Waals surface area contributed by atoms with Crippen LogP contribution in [-0.2, 0) is 6.67 Å². The minimum absolute atomic E-state index is 0.0614. The van der Waals surface area contributed by atoms with Crippen molar-refractivity contribution in [3.05, 3.63) is 94.3 Å². The molecule has 0 unspecified atom stereocenters. The number of carbonyl (C=O) groups excluding carboxylic acids is 1. The van der Waals surface area contributed by atoms with E-state index in [-0.39, 0.29) is 11.3 Å². The summed E-state index contributed by atoms with van der Waals surface area (Å²) >= 11 is 0. The number of piperazine rings is 1. The molecule has 0 spiro atoms. The average molecular weight is 453 g/mol.